The molecule has 0 saturated carbocycles. The second-order valence-corrected chi connectivity index (χ2v) is 7.73. The average molecular weight is 348 g/mol. The average Bonchev–Trinajstić information content (AvgIpc) is 2.58. The van der Waals surface area contributed by atoms with Crippen LogP contribution in [-0.4, -0.2) is 40.8 Å². The van der Waals surface area contributed by atoms with Crippen LogP contribution in [0.4, 0.5) is 4.79 Å². The number of likely N-dealkylation sites (tertiary alicyclic amines) is 1. The van der Waals surface area contributed by atoms with E-state index in [0.29, 0.717) is 6.61 Å². The molecule has 0 N–H and O–H groups in total. The first-order valence-electron chi connectivity index (χ1n) is 9.39. The highest BCUT2D eigenvalue weighted by atomic mass is 16.6. The van der Waals surface area contributed by atoms with Crippen molar-refractivity contribution in [3.63, 3.8) is 0 Å². The van der Waals surface area contributed by atoms with Crippen molar-refractivity contribution >= 4 is 6.09 Å². The summed E-state index contributed by atoms with van der Waals surface area (Å²) in [6.45, 7) is 9.24. The topological polar surface area (TPSA) is 51.7 Å². The molecule has 0 spiro atoms. The van der Waals surface area contributed by atoms with Crippen LogP contribution >= 0.6 is 0 Å². The van der Waals surface area contributed by atoms with Gasteiger partial charge in [-0.1, -0.05) is 6.07 Å². The number of carbonyl (C=O) groups excluding carboxylic acids is 1. The van der Waals surface area contributed by atoms with Crippen molar-refractivity contribution in [3.8, 4) is 0 Å². The summed E-state index contributed by atoms with van der Waals surface area (Å²) >= 11 is 0. The van der Waals surface area contributed by atoms with Crippen molar-refractivity contribution in [2.45, 2.75) is 77.5 Å². The van der Waals surface area contributed by atoms with Gasteiger partial charge in [0.05, 0.1) is 11.8 Å². The maximum Gasteiger partial charge on any atom is 0.410 e. The number of carbonyl (C=O) groups is 1. The summed E-state index contributed by atoms with van der Waals surface area (Å²) in [4.78, 5) is 18.7. The Morgan fingerprint density at radius 2 is 2.16 bits per heavy atom. The highest BCUT2D eigenvalue weighted by molar-refractivity contribution is 5.68. The molecular formula is C20H32N2O3. The normalized spacial score (nSPS) is 19.5. The minimum atomic E-state index is -0.444. The largest absolute Gasteiger partial charge is 0.444 e. The lowest BCUT2D eigenvalue weighted by atomic mass is 9.98. The third-order valence-electron chi connectivity index (χ3n) is 4.41. The zero-order chi connectivity index (χ0) is 18.3. The quantitative estimate of drug-likeness (QED) is 0.698. The number of nitrogens with zero attached hydrogens (tertiary/aromatic N) is 2. The van der Waals surface area contributed by atoms with E-state index in [1.165, 1.54) is 6.42 Å². The second kappa shape index (κ2) is 9.18. The Morgan fingerprint density at radius 1 is 1.36 bits per heavy atom. The molecule has 5 heteroatoms. The van der Waals surface area contributed by atoms with E-state index >= 15 is 0 Å². The fourth-order valence-corrected chi connectivity index (χ4v) is 3.14. The second-order valence-electron chi connectivity index (χ2n) is 7.73. The maximum atomic E-state index is 12.4. The predicted octanol–water partition coefficient (Wildman–Crippen LogP) is 4.73. The molecule has 5 nitrogen and oxygen atoms in total. The molecule has 1 amide bonds. The molecule has 1 aromatic heterocycles. The summed E-state index contributed by atoms with van der Waals surface area (Å²) in [5.41, 5.74) is 0.510. The van der Waals surface area contributed by atoms with Crippen LogP contribution in [0.15, 0.2) is 24.4 Å². The van der Waals surface area contributed by atoms with Gasteiger partial charge in [0.25, 0.3) is 0 Å². The third-order valence-corrected chi connectivity index (χ3v) is 4.41. The number of pyridine rings is 1. The first-order chi connectivity index (χ1) is 11.9. The highest BCUT2D eigenvalue weighted by Crippen LogP contribution is 2.24. The van der Waals surface area contributed by atoms with Gasteiger partial charge in [-0.3, -0.25) is 4.98 Å². The molecule has 1 aliphatic heterocycles. The molecule has 25 heavy (non-hydrogen) atoms. The van der Waals surface area contributed by atoms with Crippen LogP contribution in [0.2, 0.25) is 0 Å². The van der Waals surface area contributed by atoms with Gasteiger partial charge in [0.2, 0.25) is 0 Å². The highest BCUT2D eigenvalue weighted by Gasteiger charge is 2.30. The first-order valence-corrected chi connectivity index (χ1v) is 9.39. The maximum absolute atomic E-state index is 12.4. The van der Waals surface area contributed by atoms with Gasteiger partial charge in [0.15, 0.2) is 0 Å². The Kier molecular flexibility index (Phi) is 7.24. The van der Waals surface area contributed by atoms with E-state index in [2.05, 4.69) is 4.98 Å². The van der Waals surface area contributed by atoms with Crippen molar-refractivity contribution in [2.24, 2.45) is 0 Å². The molecule has 0 aromatic carbocycles. The van der Waals surface area contributed by atoms with Crippen LogP contribution in [0.1, 0.15) is 71.6 Å². The molecule has 140 valence electrons. The van der Waals surface area contributed by atoms with Gasteiger partial charge in [0, 0.05) is 25.4 Å². The van der Waals surface area contributed by atoms with E-state index in [4.69, 9.17) is 9.47 Å². The lowest BCUT2D eigenvalue weighted by molar-refractivity contribution is 0.00581. The third kappa shape index (κ3) is 6.65. The van der Waals surface area contributed by atoms with Crippen LogP contribution in [0.5, 0.6) is 0 Å². The first kappa shape index (κ1) is 19.7. The van der Waals surface area contributed by atoms with Gasteiger partial charge in [-0.25, -0.2) is 4.79 Å². The van der Waals surface area contributed by atoms with Gasteiger partial charge < -0.3 is 14.4 Å². The van der Waals surface area contributed by atoms with Crippen molar-refractivity contribution in [2.75, 3.05) is 13.2 Å². The van der Waals surface area contributed by atoms with E-state index in [-0.39, 0.29) is 18.2 Å². The Morgan fingerprint density at radius 3 is 2.84 bits per heavy atom. The molecule has 0 aliphatic carbocycles. The molecule has 0 bridgehead atoms. The van der Waals surface area contributed by atoms with Crippen molar-refractivity contribution in [1.82, 2.24) is 9.88 Å². The molecule has 1 fully saturated rings. The molecule has 2 rings (SSSR count). The molecular weight excluding hydrogens is 316 g/mol. The Bertz CT molecular complexity index is 527. The molecule has 0 radical (unpaired) electrons. The minimum Gasteiger partial charge on any atom is -0.444 e. The number of hydrogen-bond donors (Lipinski definition) is 0. The predicted molar refractivity (Wildman–Crippen MR) is 98.4 cm³/mol. The summed E-state index contributed by atoms with van der Waals surface area (Å²) < 4.78 is 11.5. The van der Waals surface area contributed by atoms with E-state index in [1.807, 2.05) is 50.8 Å². The summed E-state index contributed by atoms with van der Waals surface area (Å²) in [7, 11) is 0. The zero-order valence-corrected chi connectivity index (χ0v) is 16.0. The molecule has 2 atom stereocenters. The lowest BCUT2D eigenvalue weighted by Gasteiger charge is -2.37. The zero-order valence-electron chi connectivity index (χ0n) is 16.0. The Balaban J connectivity index is 1.77. The van der Waals surface area contributed by atoms with Crippen LogP contribution < -0.4 is 0 Å². The van der Waals surface area contributed by atoms with E-state index in [9.17, 15) is 4.79 Å². The summed E-state index contributed by atoms with van der Waals surface area (Å²) in [6.07, 6.45) is 6.77. The molecule has 0 unspecified atom stereocenters. The van der Waals surface area contributed by atoms with Crippen LogP contribution in [0.25, 0.3) is 0 Å². The number of amides is 1. The van der Waals surface area contributed by atoms with E-state index in [0.717, 1.165) is 37.9 Å². The molecule has 1 aliphatic rings. The number of aromatic nitrogens is 1. The van der Waals surface area contributed by atoms with Crippen molar-refractivity contribution < 1.29 is 14.3 Å². The summed E-state index contributed by atoms with van der Waals surface area (Å²) in [6, 6.07) is 6.13. The van der Waals surface area contributed by atoms with E-state index < -0.39 is 5.60 Å². The number of ether oxygens (including phenoxy) is 2. The van der Waals surface area contributed by atoms with Crippen LogP contribution in [0, 0.1) is 0 Å². The van der Waals surface area contributed by atoms with Gasteiger partial charge in [-0.05, 0) is 71.9 Å². The van der Waals surface area contributed by atoms with Crippen LogP contribution in [-0.2, 0) is 9.47 Å². The van der Waals surface area contributed by atoms with E-state index in [1.54, 1.807) is 6.20 Å². The Labute approximate surface area is 151 Å². The minimum absolute atomic E-state index is 0.00508. The SMILES string of the molecule is C[C@@H](OCCC[C@@H]1CCCCN1C(=O)OC(C)(C)C)c1ccccn1. The van der Waals surface area contributed by atoms with Crippen molar-refractivity contribution in [3.05, 3.63) is 30.1 Å². The molecule has 2 heterocycles. The fourth-order valence-electron chi connectivity index (χ4n) is 3.14. The summed E-state index contributed by atoms with van der Waals surface area (Å²) in [5, 5.41) is 0. The number of hydrogen-bond acceptors (Lipinski definition) is 4. The van der Waals surface area contributed by atoms with Crippen molar-refractivity contribution in [1.29, 1.82) is 0 Å². The van der Waals surface area contributed by atoms with Gasteiger partial charge >= 0.3 is 6.09 Å². The van der Waals surface area contributed by atoms with Gasteiger partial charge in [0.1, 0.15) is 5.60 Å². The fraction of sp³-hybridized carbons (Fsp3) is 0.700. The van der Waals surface area contributed by atoms with Gasteiger partial charge in [-0.15, -0.1) is 0 Å². The number of rotatable bonds is 6. The molecule has 1 saturated heterocycles. The smallest absolute Gasteiger partial charge is 0.410 e. The van der Waals surface area contributed by atoms with Crippen LogP contribution in [0.3, 0.4) is 0 Å². The lowest BCUT2D eigenvalue weighted by Crippen LogP contribution is -2.46. The molecule has 1 aromatic rings. The summed E-state index contributed by atoms with van der Waals surface area (Å²) in [5.74, 6) is 0. The number of piperidine rings is 1. The Hall–Kier alpha value is -1.62. The monoisotopic (exact) mass is 348 g/mol. The standard InChI is InChI=1S/C20H32N2O3/c1-16(18-12-5-7-13-21-18)24-15-9-11-17-10-6-8-14-22(17)19(23)25-20(2,3)4/h5,7,12-13,16-17H,6,8-11,14-15H2,1-4H3/t16-,17+/m1/s1. The van der Waals surface area contributed by atoms with Gasteiger partial charge in [-0.2, -0.15) is 0 Å².